The number of alkyl halides is 1. The zero-order chi connectivity index (χ0) is 5.28. The van der Waals surface area contributed by atoms with Crippen LogP contribution in [-0.4, -0.2) is 3.92 Å². The maximum Gasteiger partial charge on any atom is 0.0319 e. The van der Waals surface area contributed by atoms with E-state index in [9.17, 15) is 0 Å². The summed E-state index contributed by atoms with van der Waals surface area (Å²) in [6.07, 6.45) is 5.00. The first-order chi connectivity index (χ1) is 3.30. The van der Waals surface area contributed by atoms with Crippen LogP contribution in [0.5, 0.6) is 0 Å². The molecule has 40 valence electrons. The smallest absolute Gasteiger partial charge is 0.0319 e. The highest BCUT2D eigenvalue weighted by molar-refractivity contribution is 14.1. The molecule has 1 rings (SSSR count). The van der Waals surface area contributed by atoms with Crippen molar-refractivity contribution >= 4 is 22.6 Å². The molecule has 7 heavy (non-hydrogen) atoms. The fourth-order valence-corrected chi connectivity index (χ4v) is 1.43. The molecule has 1 aliphatic carbocycles. The summed E-state index contributed by atoms with van der Waals surface area (Å²) in [4.78, 5) is 0. The molecule has 0 nitrogen and oxygen atoms in total. The Bertz CT molecular complexity index is 94.4. The van der Waals surface area contributed by atoms with E-state index in [0.717, 1.165) is 3.92 Å². The molecule has 0 radical (unpaired) electrons. The molecule has 0 bridgehead atoms. The van der Waals surface area contributed by atoms with Crippen molar-refractivity contribution in [1.82, 2.24) is 0 Å². The minimum atomic E-state index is 0.845. The van der Waals surface area contributed by atoms with E-state index in [1.165, 1.54) is 12.8 Å². The van der Waals surface area contributed by atoms with Crippen LogP contribution in [0.3, 0.4) is 0 Å². The van der Waals surface area contributed by atoms with Crippen LogP contribution in [0.25, 0.3) is 0 Å². The molecule has 1 heteroatoms. The Balaban J connectivity index is 2.54. The van der Waals surface area contributed by atoms with Crippen molar-refractivity contribution < 1.29 is 0 Å². The molecular formula is C6H9I. The number of rotatable bonds is 0. The first-order valence-electron chi connectivity index (χ1n) is 2.61. The Morgan fingerprint density at radius 2 is 2.57 bits per heavy atom. The SMILES string of the molecule is CC1=CCC[C@H]1I. The zero-order valence-corrected chi connectivity index (χ0v) is 6.60. The monoisotopic (exact) mass is 208 g/mol. The zero-order valence-electron chi connectivity index (χ0n) is 4.45. The van der Waals surface area contributed by atoms with Crippen molar-refractivity contribution in [2.45, 2.75) is 23.7 Å². The molecule has 0 spiro atoms. The van der Waals surface area contributed by atoms with Gasteiger partial charge >= 0.3 is 0 Å². The van der Waals surface area contributed by atoms with Crippen LogP contribution in [0.4, 0.5) is 0 Å². The Kier molecular flexibility index (Phi) is 1.73. The quantitative estimate of drug-likeness (QED) is 0.326. The van der Waals surface area contributed by atoms with Gasteiger partial charge in [0.2, 0.25) is 0 Å². The molecule has 0 saturated heterocycles. The second-order valence-electron chi connectivity index (χ2n) is 1.99. The minimum Gasteiger partial charge on any atom is -0.0845 e. The number of allylic oxidation sites excluding steroid dienone is 2. The highest BCUT2D eigenvalue weighted by Crippen LogP contribution is 2.24. The summed E-state index contributed by atoms with van der Waals surface area (Å²) in [6.45, 7) is 2.21. The predicted octanol–water partition coefficient (Wildman–Crippen LogP) is 2.53. The lowest BCUT2D eigenvalue weighted by Crippen LogP contribution is -1.88. The molecule has 0 aromatic heterocycles. The third kappa shape index (κ3) is 1.18. The van der Waals surface area contributed by atoms with Crippen molar-refractivity contribution in [3.8, 4) is 0 Å². The Morgan fingerprint density at radius 3 is 2.71 bits per heavy atom. The number of hydrogen-bond donors (Lipinski definition) is 0. The molecule has 0 aromatic carbocycles. The van der Waals surface area contributed by atoms with Gasteiger partial charge in [-0.2, -0.15) is 0 Å². The van der Waals surface area contributed by atoms with E-state index in [4.69, 9.17) is 0 Å². The highest BCUT2D eigenvalue weighted by Gasteiger charge is 2.09. The van der Waals surface area contributed by atoms with E-state index >= 15 is 0 Å². The van der Waals surface area contributed by atoms with Crippen molar-refractivity contribution in [3.05, 3.63) is 11.6 Å². The normalized spacial score (nSPS) is 30.6. The average molecular weight is 208 g/mol. The number of hydrogen-bond acceptors (Lipinski definition) is 0. The average Bonchev–Trinajstić information content (AvgIpc) is 1.91. The van der Waals surface area contributed by atoms with Crippen molar-refractivity contribution in [2.24, 2.45) is 0 Å². The first kappa shape index (κ1) is 5.60. The second-order valence-corrected chi connectivity index (χ2v) is 3.50. The van der Waals surface area contributed by atoms with E-state index in [0.29, 0.717) is 0 Å². The molecule has 0 aliphatic heterocycles. The predicted molar refractivity (Wildman–Crippen MR) is 40.8 cm³/mol. The van der Waals surface area contributed by atoms with Crippen molar-refractivity contribution in [2.75, 3.05) is 0 Å². The van der Waals surface area contributed by atoms with Gasteiger partial charge in [-0.15, -0.1) is 0 Å². The van der Waals surface area contributed by atoms with E-state index in [2.05, 4.69) is 35.6 Å². The largest absolute Gasteiger partial charge is 0.0845 e. The van der Waals surface area contributed by atoms with Crippen LogP contribution >= 0.6 is 22.6 Å². The van der Waals surface area contributed by atoms with Gasteiger partial charge in [-0.25, -0.2) is 0 Å². The van der Waals surface area contributed by atoms with E-state index < -0.39 is 0 Å². The topological polar surface area (TPSA) is 0 Å². The lowest BCUT2D eigenvalue weighted by Gasteiger charge is -1.96. The van der Waals surface area contributed by atoms with Gasteiger partial charge in [0.1, 0.15) is 0 Å². The van der Waals surface area contributed by atoms with Gasteiger partial charge < -0.3 is 0 Å². The summed E-state index contributed by atoms with van der Waals surface area (Å²) < 4.78 is 0.845. The summed E-state index contributed by atoms with van der Waals surface area (Å²) in [6, 6.07) is 0. The molecule has 0 amide bonds. The van der Waals surface area contributed by atoms with E-state index in [1.807, 2.05) is 0 Å². The fraction of sp³-hybridized carbons (Fsp3) is 0.667. The molecule has 1 atom stereocenters. The maximum absolute atomic E-state index is 2.49. The highest BCUT2D eigenvalue weighted by atomic mass is 127. The van der Waals surface area contributed by atoms with Crippen LogP contribution in [0, 0.1) is 0 Å². The summed E-state index contributed by atoms with van der Waals surface area (Å²) in [7, 11) is 0. The third-order valence-corrected chi connectivity index (χ3v) is 2.99. The Hall–Kier alpha value is 0.470. The molecular weight excluding hydrogens is 199 g/mol. The molecule has 0 aromatic rings. The van der Waals surface area contributed by atoms with Crippen molar-refractivity contribution in [3.63, 3.8) is 0 Å². The van der Waals surface area contributed by atoms with Crippen molar-refractivity contribution in [1.29, 1.82) is 0 Å². The molecule has 0 saturated carbocycles. The van der Waals surface area contributed by atoms with Gasteiger partial charge in [-0.05, 0) is 19.8 Å². The maximum atomic E-state index is 2.49. The minimum absolute atomic E-state index is 0.845. The first-order valence-corrected chi connectivity index (χ1v) is 3.86. The third-order valence-electron chi connectivity index (χ3n) is 1.38. The molecule has 1 aliphatic rings. The Morgan fingerprint density at radius 1 is 1.86 bits per heavy atom. The standard InChI is InChI=1S/C6H9I/c1-5-3-2-4-6(5)7/h3,6H,2,4H2,1H3/t6-/m1/s1. The lowest BCUT2D eigenvalue weighted by atomic mass is 10.3. The van der Waals surface area contributed by atoms with Crippen LogP contribution in [-0.2, 0) is 0 Å². The van der Waals surface area contributed by atoms with Gasteiger partial charge in [0, 0.05) is 3.92 Å². The fourth-order valence-electron chi connectivity index (χ4n) is 0.813. The number of halogens is 1. The van der Waals surface area contributed by atoms with Gasteiger partial charge in [0.25, 0.3) is 0 Å². The van der Waals surface area contributed by atoms with Crippen LogP contribution in [0.1, 0.15) is 19.8 Å². The summed E-state index contributed by atoms with van der Waals surface area (Å²) in [5.74, 6) is 0. The molecule has 0 heterocycles. The van der Waals surface area contributed by atoms with Gasteiger partial charge in [-0.1, -0.05) is 34.2 Å². The molecule has 0 N–H and O–H groups in total. The van der Waals surface area contributed by atoms with Gasteiger partial charge in [0.15, 0.2) is 0 Å². The van der Waals surface area contributed by atoms with Crippen LogP contribution in [0.15, 0.2) is 11.6 Å². The lowest BCUT2D eigenvalue weighted by molar-refractivity contribution is 0.948. The molecule has 0 fully saturated rings. The molecule has 0 unspecified atom stereocenters. The summed E-state index contributed by atoms with van der Waals surface area (Å²) >= 11 is 2.49. The van der Waals surface area contributed by atoms with Crippen LogP contribution in [0.2, 0.25) is 0 Å². The summed E-state index contributed by atoms with van der Waals surface area (Å²) in [5.41, 5.74) is 1.57. The van der Waals surface area contributed by atoms with Gasteiger partial charge in [-0.3, -0.25) is 0 Å². The van der Waals surface area contributed by atoms with E-state index in [1.54, 1.807) is 5.57 Å². The van der Waals surface area contributed by atoms with Gasteiger partial charge in [0.05, 0.1) is 0 Å². The van der Waals surface area contributed by atoms with E-state index in [-0.39, 0.29) is 0 Å². The summed E-state index contributed by atoms with van der Waals surface area (Å²) in [5, 5.41) is 0. The van der Waals surface area contributed by atoms with Crippen LogP contribution < -0.4 is 0 Å². The Labute approximate surface area is 58.1 Å². The second kappa shape index (κ2) is 2.16.